The molecule has 6 heteroatoms. The summed E-state index contributed by atoms with van der Waals surface area (Å²) in [5.41, 5.74) is 2.82. The van der Waals surface area contributed by atoms with Gasteiger partial charge in [-0.1, -0.05) is 30.7 Å². The zero-order chi connectivity index (χ0) is 20.6. The van der Waals surface area contributed by atoms with E-state index in [4.69, 9.17) is 0 Å². The van der Waals surface area contributed by atoms with E-state index in [1.54, 1.807) is 0 Å². The van der Waals surface area contributed by atoms with Crippen molar-refractivity contribution in [1.82, 2.24) is 20.4 Å². The fraction of sp³-hybridized carbons (Fsp3) is 0.708. The summed E-state index contributed by atoms with van der Waals surface area (Å²) in [6.07, 6.45) is 6.40. The molecule has 1 unspecified atom stereocenters. The first kappa shape index (κ1) is 25.4. The van der Waals surface area contributed by atoms with Gasteiger partial charge in [0.25, 0.3) is 0 Å². The normalized spacial score (nSPS) is 22.0. The molecule has 0 aliphatic carbocycles. The molecule has 2 heterocycles. The SMILES string of the molecule is CN=C(NCc1ccccc1CN1CCCCC1C)NC1CCN(C(C)C)CC1.I. The molecular weight excluding hydrogens is 485 g/mol. The maximum absolute atomic E-state index is 4.48. The third-order valence-corrected chi connectivity index (χ3v) is 6.70. The van der Waals surface area contributed by atoms with Gasteiger partial charge in [0.05, 0.1) is 0 Å². The lowest BCUT2D eigenvalue weighted by Crippen LogP contribution is -2.49. The zero-order valence-electron chi connectivity index (χ0n) is 19.4. The van der Waals surface area contributed by atoms with Crippen molar-refractivity contribution in [3.05, 3.63) is 35.4 Å². The summed E-state index contributed by atoms with van der Waals surface area (Å²) < 4.78 is 0. The first-order valence-corrected chi connectivity index (χ1v) is 11.6. The average molecular weight is 528 g/mol. The number of hydrogen-bond acceptors (Lipinski definition) is 3. The molecule has 1 aromatic carbocycles. The second-order valence-electron chi connectivity index (χ2n) is 9.06. The summed E-state index contributed by atoms with van der Waals surface area (Å²) >= 11 is 0. The van der Waals surface area contributed by atoms with E-state index in [2.05, 4.69) is 70.5 Å². The van der Waals surface area contributed by atoms with E-state index in [0.29, 0.717) is 18.1 Å². The predicted octanol–water partition coefficient (Wildman–Crippen LogP) is 4.22. The van der Waals surface area contributed by atoms with Crippen LogP contribution in [0.3, 0.4) is 0 Å². The molecule has 2 N–H and O–H groups in total. The summed E-state index contributed by atoms with van der Waals surface area (Å²) in [6, 6.07) is 10.7. The maximum atomic E-state index is 4.48. The predicted molar refractivity (Wildman–Crippen MR) is 139 cm³/mol. The van der Waals surface area contributed by atoms with E-state index in [-0.39, 0.29) is 24.0 Å². The van der Waals surface area contributed by atoms with Gasteiger partial charge in [-0.2, -0.15) is 0 Å². The van der Waals surface area contributed by atoms with E-state index in [0.717, 1.165) is 19.0 Å². The number of halogens is 1. The number of guanidine groups is 1. The third kappa shape index (κ3) is 7.38. The van der Waals surface area contributed by atoms with Gasteiger partial charge in [0.2, 0.25) is 0 Å². The molecule has 0 spiro atoms. The van der Waals surface area contributed by atoms with Gasteiger partial charge in [0.15, 0.2) is 5.96 Å². The average Bonchev–Trinajstić information content (AvgIpc) is 2.74. The Bertz CT molecular complexity index is 655. The summed E-state index contributed by atoms with van der Waals surface area (Å²) in [5.74, 6) is 0.925. The molecular formula is C24H42IN5. The Morgan fingerprint density at radius 3 is 2.40 bits per heavy atom. The minimum atomic E-state index is 0. The zero-order valence-corrected chi connectivity index (χ0v) is 21.7. The van der Waals surface area contributed by atoms with Gasteiger partial charge in [0, 0.05) is 51.4 Å². The highest BCUT2D eigenvalue weighted by Crippen LogP contribution is 2.21. The second-order valence-corrected chi connectivity index (χ2v) is 9.06. The highest BCUT2D eigenvalue weighted by molar-refractivity contribution is 14.0. The Balaban J connectivity index is 0.00000320. The third-order valence-electron chi connectivity index (χ3n) is 6.70. The van der Waals surface area contributed by atoms with Crippen LogP contribution in [0.2, 0.25) is 0 Å². The molecule has 30 heavy (non-hydrogen) atoms. The van der Waals surface area contributed by atoms with Crippen LogP contribution in [0.4, 0.5) is 0 Å². The highest BCUT2D eigenvalue weighted by Gasteiger charge is 2.22. The van der Waals surface area contributed by atoms with Gasteiger partial charge in [-0.05, 0) is 64.1 Å². The summed E-state index contributed by atoms with van der Waals surface area (Å²) in [5, 5.41) is 7.21. The molecule has 2 saturated heterocycles. The monoisotopic (exact) mass is 527 g/mol. The molecule has 3 rings (SSSR count). The van der Waals surface area contributed by atoms with Crippen LogP contribution in [-0.4, -0.2) is 60.6 Å². The number of nitrogens with one attached hydrogen (secondary N) is 2. The maximum Gasteiger partial charge on any atom is 0.191 e. The molecule has 0 bridgehead atoms. The lowest BCUT2D eigenvalue weighted by molar-refractivity contribution is 0.152. The fourth-order valence-electron chi connectivity index (χ4n) is 4.62. The Kier molecular flexibility index (Phi) is 10.9. The Hall–Kier alpha value is -0.860. The molecule has 5 nitrogen and oxygen atoms in total. The lowest BCUT2D eigenvalue weighted by Gasteiger charge is -2.35. The largest absolute Gasteiger partial charge is 0.354 e. The topological polar surface area (TPSA) is 42.9 Å². The highest BCUT2D eigenvalue weighted by atomic mass is 127. The van der Waals surface area contributed by atoms with Gasteiger partial charge in [0.1, 0.15) is 0 Å². The second kappa shape index (κ2) is 12.9. The number of hydrogen-bond donors (Lipinski definition) is 2. The van der Waals surface area contributed by atoms with Crippen molar-refractivity contribution < 1.29 is 0 Å². The van der Waals surface area contributed by atoms with Crippen LogP contribution >= 0.6 is 24.0 Å². The first-order valence-electron chi connectivity index (χ1n) is 11.6. The minimum absolute atomic E-state index is 0. The summed E-state index contributed by atoms with van der Waals surface area (Å²) in [4.78, 5) is 9.68. The molecule has 2 fully saturated rings. The van der Waals surface area contributed by atoms with Crippen LogP contribution in [0.5, 0.6) is 0 Å². The number of nitrogens with zero attached hydrogens (tertiary/aromatic N) is 3. The molecule has 0 amide bonds. The number of likely N-dealkylation sites (tertiary alicyclic amines) is 2. The van der Waals surface area contributed by atoms with Crippen LogP contribution in [0, 0.1) is 0 Å². The Morgan fingerprint density at radius 2 is 1.77 bits per heavy atom. The van der Waals surface area contributed by atoms with E-state index >= 15 is 0 Å². The van der Waals surface area contributed by atoms with Gasteiger partial charge < -0.3 is 15.5 Å². The van der Waals surface area contributed by atoms with Crippen molar-refractivity contribution in [3.63, 3.8) is 0 Å². The number of rotatable bonds is 6. The number of aliphatic imine (C=N–C) groups is 1. The Labute approximate surface area is 201 Å². The van der Waals surface area contributed by atoms with Gasteiger partial charge in [-0.3, -0.25) is 9.89 Å². The Morgan fingerprint density at radius 1 is 1.07 bits per heavy atom. The van der Waals surface area contributed by atoms with E-state index < -0.39 is 0 Å². The van der Waals surface area contributed by atoms with Crippen LogP contribution < -0.4 is 10.6 Å². The van der Waals surface area contributed by atoms with Crippen molar-refractivity contribution in [2.45, 2.75) is 84.1 Å². The van der Waals surface area contributed by atoms with Crippen LogP contribution in [0.25, 0.3) is 0 Å². The molecule has 1 atom stereocenters. The molecule has 2 aliphatic heterocycles. The number of benzene rings is 1. The van der Waals surface area contributed by atoms with Crippen LogP contribution in [0.15, 0.2) is 29.3 Å². The van der Waals surface area contributed by atoms with E-state index in [1.807, 2.05) is 7.05 Å². The fourth-order valence-corrected chi connectivity index (χ4v) is 4.62. The first-order chi connectivity index (χ1) is 14.1. The summed E-state index contributed by atoms with van der Waals surface area (Å²) in [7, 11) is 1.87. The van der Waals surface area contributed by atoms with E-state index in [9.17, 15) is 0 Å². The summed E-state index contributed by atoms with van der Waals surface area (Å²) in [6.45, 7) is 12.4. The molecule has 0 aromatic heterocycles. The standard InChI is InChI=1S/C24H41N5.HI/c1-19(2)28-15-12-23(13-16-28)27-24(25-4)26-17-21-10-5-6-11-22(21)18-29-14-8-7-9-20(29)3;/h5-6,10-11,19-20,23H,7-9,12-18H2,1-4H3,(H2,25,26,27);1H. The smallest absolute Gasteiger partial charge is 0.191 e. The lowest BCUT2D eigenvalue weighted by atomic mass is 10.0. The van der Waals surface area contributed by atoms with Crippen molar-refractivity contribution in [2.24, 2.45) is 4.99 Å². The van der Waals surface area contributed by atoms with Crippen molar-refractivity contribution >= 4 is 29.9 Å². The molecule has 0 saturated carbocycles. The van der Waals surface area contributed by atoms with Crippen molar-refractivity contribution in [1.29, 1.82) is 0 Å². The van der Waals surface area contributed by atoms with Gasteiger partial charge >= 0.3 is 0 Å². The van der Waals surface area contributed by atoms with Crippen LogP contribution in [0.1, 0.15) is 64.0 Å². The molecule has 1 aromatic rings. The van der Waals surface area contributed by atoms with E-state index in [1.165, 1.54) is 62.9 Å². The van der Waals surface area contributed by atoms with Crippen molar-refractivity contribution in [2.75, 3.05) is 26.7 Å². The molecule has 0 radical (unpaired) electrons. The molecule has 170 valence electrons. The van der Waals surface area contributed by atoms with Crippen LogP contribution in [-0.2, 0) is 13.1 Å². The van der Waals surface area contributed by atoms with Gasteiger partial charge in [-0.15, -0.1) is 24.0 Å². The van der Waals surface area contributed by atoms with Crippen molar-refractivity contribution in [3.8, 4) is 0 Å². The number of piperidine rings is 2. The van der Waals surface area contributed by atoms with Gasteiger partial charge in [-0.25, -0.2) is 0 Å². The quantitative estimate of drug-likeness (QED) is 0.331. The minimum Gasteiger partial charge on any atom is -0.354 e. The molecule has 2 aliphatic rings.